The third-order valence-electron chi connectivity index (χ3n) is 5.70. The van der Waals surface area contributed by atoms with Crippen molar-refractivity contribution in [1.82, 2.24) is 9.80 Å². The highest BCUT2D eigenvalue weighted by atomic mass is 35.5. The summed E-state index contributed by atoms with van der Waals surface area (Å²) in [5, 5.41) is 0.642. The largest absolute Gasteiger partial charge is 0.339 e. The van der Waals surface area contributed by atoms with E-state index in [0.29, 0.717) is 43.4 Å². The molecular weight excluding hydrogens is 350 g/mol. The molecular formula is C20H28ClN3O2. The summed E-state index contributed by atoms with van der Waals surface area (Å²) in [6, 6.07) is 7.60. The second-order valence-corrected chi connectivity index (χ2v) is 8.08. The highest BCUT2D eigenvalue weighted by molar-refractivity contribution is 6.30. The SMILES string of the molecule is CC1CN(C(=O)C[C@@H]2CCC[C@H]2N)CCN1C(=O)Cc1cccc(Cl)c1. The van der Waals surface area contributed by atoms with Gasteiger partial charge < -0.3 is 15.5 Å². The number of rotatable bonds is 4. The van der Waals surface area contributed by atoms with Crippen LogP contribution in [0.1, 0.15) is 38.2 Å². The van der Waals surface area contributed by atoms with E-state index in [2.05, 4.69) is 0 Å². The number of amides is 2. The number of hydrogen-bond donors (Lipinski definition) is 1. The zero-order chi connectivity index (χ0) is 18.7. The van der Waals surface area contributed by atoms with Crippen LogP contribution >= 0.6 is 11.6 Å². The van der Waals surface area contributed by atoms with Gasteiger partial charge in [-0.1, -0.05) is 30.2 Å². The van der Waals surface area contributed by atoms with Crippen molar-refractivity contribution >= 4 is 23.4 Å². The van der Waals surface area contributed by atoms with Crippen LogP contribution in [-0.4, -0.2) is 53.3 Å². The number of hydrogen-bond acceptors (Lipinski definition) is 3. The predicted octanol–water partition coefficient (Wildman–Crippen LogP) is 2.46. The van der Waals surface area contributed by atoms with Crippen molar-refractivity contribution in [2.45, 2.75) is 51.1 Å². The molecule has 6 heteroatoms. The van der Waals surface area contributed by atoms with Gasteiger partial charge in [0, 0.05) is 43.2 Å². The fraction of sp³-hybridized carbons (Fsp3) is 0.600. The van der Waals surface area contributed by atoms with Crippen molar-refractivity contribution in [2.24, 2.45) is 11.7 Å². The molecule has 26 heavy (non-hydrogen) atoms. The topological polar surface area (TPSA) is 66.6 Å². The summed E-state index contributed by atoms with van der Waals surface area (Å²) >= 11 is 6.00. The van der Waals surface area contributed by atoms with Crippen LogP contribution in [0.2, 0.25) is 5.02 Å². The van der Waals surface area contributed by atoms with E-state index >= 15 is 0 Å². The Morgan fingerprint density at radius 3 is 2.69 bits per heavy atom. The van der Waals surface area contributed by atoms with Gasteiger partial charge >= 0.3 is 0 Å². The molecule has 0 radical (unpaired) electrons. The molecule has 1 heterocycles. The molecule has 1 aliphatic heterocycles. The summed E-state index contributed by atoms with van der Waals surface area (Å²) in [5.74, 6) is 0.589. The van der Waals surface area contributed by atoms with Gasteiger partial charge in [0.05, 0.1) is 6.42 Å². The van der Waals surface area contributed by atoms with Crippen molar-refractivity contribution < 1.29 is 9.59 Å². The summed E-state index contributed by atoms with van der Waals surface area (Å²) in [7, 11) is 0. The molecule has 2 amide bonds. The van der Waals surface area contributed by atoms with Crippen LogP contribution in [-0.2, 0) is 16.0 Å². The summed E-state index contributed by atoms with van der Waals surface area (Å²) in [6.07, 6.45) is 4.10. The molecule has 1 aliphatic carbocycles. The zero-order valence-corrected chi connectivity index (χ0v) is 16.1. The van der Waals surface area contributed by atoms with Crippen LogP contribution < -0.4 is 5.73 Å². The van der Waals surface area contributed by atoms with E-state index in [1.54, 1.807) is 6.07 Å². The van der Waals surface area contributed by atoms with Crippen LogP contribution in [0.4, 0.5) is 0 Å². The maximum absolute atomic E-state index is 12.7. The fourth-order valence-electron chi connectivity index (χ4n) is 4.15. The van der Waals surface area contributed by atoms with Gasteiger partial charge in [-0.2, -0.15) is 0 Å². The monoisotopic (exact) mass is 377 g/mol. The Morgan fingerprint density at radius 2 is 2.04 bits per heavy atom. The maximum Gasteiger partial charge on any atom is 0.227 e. The number of benzene rings is 1. The quantitative estimate of drug-likeness (QED) is 0.876. The summed E-state index contributed by atoms with van der Waals surface area (Å²) in [5.41, 5.74) is 7.02. The molecule has 0 aromatic heterocycles. The molecule has 1 saturated heterocycles. The van der Waals surface area contributed by atoms with Gasteiger partial charge in [0.25, 0.3) is 0 Å². The lowest BCUT2D eigenvalue weighted by molar-refractivity contribution is -0.142. The van der Waals surface area contributed by atoms with Crippen molar-refractivity contribution in [3.05, 3.63) is 34.9 Å². The average molecular weight is 378 g/mol. The fourth-order valence-corrected chi connectivity index (χ4v) is 4.36. The third kappa shape index (κ3) is 4.57. The van der Waals surface area contributed by atoms with Crippen LogP contribution in [0.3, 0.4) is 0 Å². The second kappa shape index (κ2) is 8.40. The smallest absolute Gasteiger partial charge is 0.227 e. The lowest BCUT2D eigenvalue weighted by atomic mass is 9.99. The molecule has 2 fully saturated rings. The molecule has 5 nitrogen and oxygen atoms in total. The number of carbonyl (C=O) groups is 2. The van der Waals surface area contributed by atoms with E-state index in [4.69, 9.17) is 17.3 Å². The third-order valence-corrected chi connectivity index (χ3v) is 5.93. The Labute approximate surface area is 160 Å². The van der Waals surface area contributed by atoms with Crippen LogP contribution in [0.15, 0.2) is 24.3 Å². The van der Waals surface area contributed by atoms with Crippen molar-refractivity contribution in [3.8, 4) is 0 Å². The molecule has 142 valence electrons. The van der Waals surface area contributed by atoms with Crippen LogP contribution in [0, 0.1) is 5.92 Å². The Balaban J connectivity index is 1.52. The minimum absolute atomic E-state index is 0.0247. The molecule has 0 bridgehead atoms. The van der Waals surface area contributed by atoms with Crippen molar-refractivity contribution in [1.29, 1.82) is 0 Å². The summed E-state index contributed by atoms with van der Waals surface area (Å²) < 4.78 is 0. The van der Waals surface area contributed by atoms with Gasteiger partial charge in [0.2, 0.25) is 11.8 Å². The summed E-state index contributed by atoms with van der Waals surface area (Å²) in [6.45, 7) is 3.80. The molecule has 3 rings (SSSR count). The minimum atomic E-state index is 0.0247. The van der Waals surface area contributed by atoms with Gasteiger partial charge in [-0.15, -0.1) is 0 Å². The first-order valence-corrected chi connectivity index (χ1v) is 9.89. The lowest BCUT2D eigenvalue weighted by Gasteiger charge is -2.40. The van der Waals surface area contributed by atoms with Crippen molar-refractivity contribution in [2.75, 3.05) is 19.6 Å². The standard InChI is InChI=1S/C20H28ClN3O2/c1-14-13-23(19(25)12-16-5-3-7-18(16)22)8-9-24(14)20(26)11-15-4-2-6-17(21)10-15/h2,4,6,10,14,16,18H,3,5,7-9,11-13,22H2,1H3/t14?,16-,18+/m0/s1. The number of nitrogens with two attached hydrogens (primary N) is 1. The first kappa shape index (κ1) is 19.2. The van der Waals surface area contributed by atoms with E-state index in [1.807, 2.05) is 34.9 Å². The molecule has 1 aromatic carbocycles. The number of halogens is 1. The normalized spacial score (nSPS) is 26.2. The average Bonchev–Trinajstić information content (AvgIpc) is 2.99. The highest BCUT2D eigenvalue weighted by Gasteiger charge is 2.32. The molecule has 2 aliphatic rings. The van der Waals surface area contributed by atoms with Crippen LogP contribution in [0.25, 0.3) is 0 Å². The van der Waals surface area contributed by atoms with Gasteiger partial charge in [-0.05, 0) is 43.4 Å². The number of carbonyl (C=O) groups excluding carboxylic acids is 2. The van der Waals surface area contributed by atoms with Gasteiger partial charge in [-0.3, -0.25) is 9.59 Å². The van der Waals surface area contributed by atoms with E-state index in [9.17, 15) is 9.59 Å². The Kier molecular flexibility index (Phi) is 6.20. The van der Waals surface area contributed by atoms with E-state index in [-0.39, 0.29) is 23.9 Å². The minimum Gasteiger partial charge on any atom is -0.339 e. The molecule has 0 spiro atoms. The second-order valence-electron chi connectivity index (χ2n) is 7.64. The Bertz CT molecular complexity index is 666. The summed E-state index contributed by atoms with van der Waals surface area (Å²) in [4.78, 5) is 29.0. The first-order valence-electron chi connectivity index (χ1n) is 9.51. The molecule has 1 aromatic rings. The first-order chi connectivity index (χ1) is 12.4. The molecule has 3 atom stereocenters. The van der Waals surface area contributed by atoms with E-state index in [1.165, 1.54) is 0 Å². The van der Waals surface area contributed by atoms with Crippen molar-refractivity contribution in [3.63, 3.8) is 0 Å². The van der Waals surface area contributed by atoms with Gasteiger partial charge in [0.1, 0.15) is 0 Å². The molecule has 1 saturated carbocycles. The lowest BCUT2D eigenvalue weighted by Crippen LogP contribution is -2.56. The number of nitrogens with zero attached hydrogens (tertiary/aromatic N) is 2. The predicted molar refractivity (Wildman–Crippen MR) is 103 cm³/mol. The Morgan fingerprint density at radius 1 is 1.23 bits per heavy atom. The van der Waals surface area contributed by atoms with Crippen LogP contribution in [0.5, 0.6) is 0 Å². The highest BCUT2D eigenvalue weighted by Crippen LogP contribution is 2.28. The molecule has 2 N–H and O–H groups in total. The number of piperazine rings is 1. The van der Waals surface area contributed by atoms with E-state index in [0.717, 1.165) is 24.8 Å². The van der Waals surface area contributed by atoms with E-state index < -0.39 is 0 Å². The van der Waals surface area contributed by atoms with Gasteiger partial charge in [-0.25, -0.2) is 0 Å². The Hall–Kier alpha value is -1.59. The maximum atomic E-state index is 12.7. The zero-order valence-electron chi connectivity index (χ0n) is 15.4. The molecule has 1 unspecified atom stereocenters. The van der Waals surface area contributed by atoms with Gasteiger partial charge in [0.15, 0.2) is 0 Å².